The molecule has 2 heterocycles. The Hall–Kier alpha value is -2.24. The van der Waals surface area contributed by atoms with Crippen molar-refractivity contribution >= 4 is 54.2 Å². The molecular formula is C20H21ClN4O4S2. The number of thiazole rings is 1. The second-order valence-electron chi connectivity index (χ2n) is 7.31. The van der Waals surface area contributed by atoms with Gasteiger partial charge in [0.25, 0.3) is 5.91 Å². The first kappa shape index (κ1) is 22.0. The van der Waals surface area contributed by atoms with E-state index in [1.54, 1.807) is 18.2 Å². The molecule has 0 bridgehead atoms. The number of hydrazine groups is 1. The third-order valence-corrected chi connectivity index (χ3v) is 7.79. The smallest absolute Gasteiger partial charge is 0.269 e. The molecule has 1 aliphatic rings. The Morgan fingerprint density at radius 2 is 1.84 bits per heavy atom. The van der Waals surface area contributed by atoms with E-state index >= 15 is 0 Å². The van der Waals surface area contributed by atoms with Crippen molar-refractivity contribution in [3.63, 3.8) is 0 Å². The van der Waals surface area contributed by atoms with Crippen LogP contribution in [0.15, 0.2) is 47.4 Å². The summed E-state index contributed by atoms with van der Waals surface area (Å²) in [6, 6.07) is 11.2. The van der Waals surface area contributed by atoms with Gasteiger partial charge in [-0.3, -0.25) is 15.6 Å². The van der Waals surface area contributed by atoms with Crippen molar-refractivity contribution < 1.29 is 17.9 Å². The number of hydrogen-bond acceptors (Lipinski definition) is 7. The number of sulfonamides is 1. The van der Waals surface area contributed by atoms with Crippen LogP contribution in [0.2, 0.25) is 5.02 Å². The predicted octanol–water partition coefficient (Wildman–Crippen LogP) is 3.50. The zero-order valence-corrected chi connectivity index (χ0v) is 19.2. The van der Waals surface area contributed by atoms with E-state index in [4.69, 9.17) is 16.3 Å². The van der Waals surface area contributed by atoms with Crippen molar-refractivity contribution in [2.45, 2.75) is 31.0 Å². The Labute approximate surface area is 189 Å². The van der Waals surface area contributed by atoms with Crippen LogP contribution in [0.25, 0.3) is 10.2 Å². The number of carbonyl (C=O) groups excluding carboxylic acids is 1. The van der Waals surface area contributed by atoms with Gasteiger partial charge in [0, 0.05) is 23.7 Å². The van der Waals surface area contributed by atoms with E-state index in [1.165, 1.54) is 39.9 Å². The fourth-order valence-corrected chi connectivity index (χ4v) is 6.07. The summed E-state index contributed by atoms with van der Waals surface area (Å²) in [5, 5.41) is 1.13. The summed E-state index contributed by atoms with van der Waals surface area (Å²) in [6.07, 6.45) is -0.346. The van der Waals surface area contributed by atoms with Gasteiger partial charge < -0.3 is 4.74 Å². The Kier molecular flexibility index (Phi) is 6.18. The molecule has 2 N–H and O–H groups in total. The first-order valence-electron chi connectivity index (χ1n) is 9.60. The highest BCUT2D eigenvalue weighted by Gasteiger charge is 2.32. The first-order valence-corrected chi connectivity index (χ1v) is 12.2. The molecule has 1 amide bonds. The van der Waals surface area contributed by atoms with Gasteiger partial charge >= 0.3 is 0 Å². The monoisotopic (exact) mass is 480 g/mol. The van der Waals surface area contributed by atoms with Crippen molar-refractivity contribution in [3.05, 3.63) is 53.1 Å². The van der Waals surface area contributed by atoms with Crippen LogP contribution in [0, 0.1) is 0 Å². The molecule has 4 rings (SSSR count). The second kappa shape index (κ2) is 8.71. The maximum Gasteiger partial charge on any atom is 0.269 e. The van der Waals surface area contributed by atoms with Gasteiger partial charge in [0.2, 0.25) is 15.2 Å². The number of benzene rings is 2. The van der Waals surface area contributed by atoms with Crippen LogP contribution in [0.4, 0.5) is 5.13 Å². The second-order valence-corrected chi connectivity index (χ2v) is 10.7. The van der Waals surface area contributed by atoms with Crippen molar-refractivity contribution in [2.24, 2.45) is 0 Å². The molecule has 31 heavy (non-hydrogen) atoms. The third-order valence-electron chi connectivity index (χ3n) is 4.77. The molecule has 2 aromatic carbocycles. The maximum absolute atomic E-state index is 12.9. The summed E-state index contributed by atoms with van der Waals surface area (Å²) >= 11 is 7.33. The van der Waals surface area contributed by atoms with Gasteiger partial charge in [-0.2, -0.15) is 4.31 Å². The molecule has 8 nitrogen and oxygen atoms in total. The Morgan fingerprint density at radius 3 is 2.52 bits per heavy atom. The number of anilines is 1. The molecular weight excluding hydrogens is 460 g/mol. The van der Waals surface area contributed by atoms with Crippen molar-refractivity contribution in [1.82, 2.24) is 14.7 Å². The highest BCUT2D eigenvalue weighted by atomic mass is 35.5. The lowest BCUT2D eigenvalue weighted by atomic mass is 10.2. The molecule has 0 saturated carbocycles. The Balaban J connectivity index is 1.42. The standard InChI is InChI=1S/C20H21ClN4O4S2/c1-12-10-25(11-13(2)29-12)31(27,28)16-6-3-14(4-7-16)19(26)23-24-20-22-17-8-5-15(21)9-18(17)30-20/h3-9,12-13H,10-11H2,1-2H3,(H,22,24)(H,23,26)/t12-,13-/m0/s1. The first-order chi connectivity index (χ1) is 14.7. The van der Waals surface area contributed by atoms with Crippen LogP contribution in [-0.4, -0.2) is 48.9 Å². The summed E-state index contributed by atoms with van der Waals surface area (Å²) in [6.45, 7) is 4.29. The molecule has 0 spiro atoms. The number of amides is 1. The van der Waals surface area contributed by atoms with Gasteiger partial charge in [-0.1, -0.05) is 22.9 Å². The molecule has 1 aliphatic heterocycles. The minimum Gasteiger partial charge on any atom is -0.373 e. The highest BCUT2D eigenvalue weighted by molar-refractivity contribution is 7.89. The normalized spacial score (nSPS) is 20.0. The number of nitrogens with one attached hydrogen (secondary N) is 2. The lowest BCUT2D eigenvalue weighted by Gasteiger charge is -2.34. The van der Waals surface area contributed by atoms with Crippen LogP contribution in [0.5, 0.6) is 0 Å². The third kappa shape index (κ3) is 4.83. The fourth-order valence-electron chi connectivity index (χ4n) is 3.39. The highest BCUT2D eigenvalue weighted by Crippen LogP contribution is 2.28. The number of halogens is 1. The molecule has 1 fully saturated rings. The largest absolute Gasteiger partial charge is 0.373 e. The topological polar surface area (TPSA) is 101 Å². The Morgan fingerprint density at radius 1 is 1.16 bits per heavy atom. The van der Waals surface area contributed by atoms with Gasteiger partial charge in [-0.15, -0.1) is 0 Å². The number of morpholine rings is 1. The molecule has 2 atom stereocenters. The van der Waals surface area contributed by atoms with E-state index < -0.39 is 15.9 Å². The lowest BCUT2D eigenvalue weighted by Crippen LogP contribution is -2.48. The van der Waals surface area contributed by atoms with E-state index in [0.29, 0.717) is 28.8 Å². The average Bonchev–Trinajstić information content (AvgIpc) is 3.13. The summed E-state index contributed by atoms with van der Waals surface area (Å²) in [5.74, 6) is -0.408. The summed E-state index contributed by atoms with van der Waals surface area (Å²) in [4.78, 5) is 17.0. The quantitative estimate of drug-likeness (QED) is 0.542. The van der Waals surface area contributed by atoms with Crippen molar-refractivity contribution in [2.75, 3.05) is 18.5 Å². The molecule has 0 radical (unpaired) electrons. The molecule has 0 aliphatic carbocycles. The van der Waals surface area contributed by atoms with E-state index in [1.807, 2.05) is 13.8 Å². The van der Waals surface area contributed by atoms with E-state index in [0.717, 1.165) is 10.2 Å². The summed E-state index contributed by atoms with van der Waals surface area (Å²) < 4.78 is 33.8. The van der Waals surface area contributed by atoms with Crippen LogP contribution >= 0.6 is 22.9 Å². The zero-order chi connectivity index (χ0) is 22.2. The average molecular weight is 481 g/mol. The maximum atomic E-state index is 12.9. The number of nitrogens with zero attached hydrogens (tertiary/aromatic N) is 2. The van der Waals surface area contributed by atoms with E-state index in [2.05, 4.69) is 15.8 Å². The van der Waals surface area contributed by atoms with Gasteiger partial charge in [-0.05, 0) is 56.3 Å². The molecule has 1 saturated heterocycles. The molecule has 0 unspecified atom stereocenters. The summed E-state index contributed by atoms with van der Waals surface area (Å²) in [5.41, 5.74) is 6.45. The number of carbonyl (C=O) groups is 1. The van der Waals surface area contributed by atoms with Crippen LogP contribution in [0.3, 0.4) is 0 Å². The minimum absolute atomic E-state index is 0.140. The minimum atomic E-state index is -3.66. The number of fused-ring (bicyclic) bond motifs is 1. The SMILES string of the molecule is C[C@H]1CN(S(=O)(=O)c2ccc(C(=O)NNc3nc4ccc(Cl)cc4s3)cc2)C[C@H](C)O1. The number of ether oxygens (including phenoxy) is 1. The van der Waals surface area contributed by atoms with E-state index in [-0.39, 0.29) is 17.1 Å². The van der Waals surface area contributed by atoms with Crippen molar-refractivity contribution in [3.8, 4) is 0 Å². The number of hydrogen-bond donors (Lipinski definition) is 2. The van der Waals surface area contributed by atoms with Gasteiger partial charge in [-0.25, -0.2) is 13.4 Å². The number of aromatic nitrogens is 1. The van der Waals surface area contributed by atoms with Crippen LogP contribution in [-0.2, 0) is 14.8 Å². The Bertz CT molecular complexity index is 1200. The van der Waals surface area contributed by atoms with Crippen LogP contribution in [0.1, 0.15) is 24.2 Å². The zero-order valence-electron chi connectivity index (χ0n) is 16.8. The molecule has 1 aromatic heterocycles. The predicted molar refractivity (Wildman–Crippen MR) is 121 cm³/mol. The summed E-state index contributed by atoms with van der Waals surface area (Å²) in [7, 11) is -3.66. The van der Waals surface area contributed by atoms with Crippen LogP contribution < -0.4 is 10.9 Å². The van der Waals surface area contributed by atoms with Crippen molar-refractivity contribution in [1.29, 1.82) is 0 Å². The number of rotatable bonds is 5. The van der Waals surface area contributed by atoms with Gasteiger partial charge in [0.1, 0.15) is 0 Å². The van der Waals surface area contributed by atoms with Gasteiger partial charge in [0.15, 0.2) is 0 Å². The molecule has 3 aromatic rings. The molecule has 11 heteroatoms. The van der Waals surface area contributed by atoms with E-state index in [9.17, 15) is 13.2 Å². The fraction of sp³-hybridized carbons (Fsp3) is 0.300. The molecule has 164 valence electrons. The lowest BCUT2D eigenvalue weighted by molar-refractivity contribution is -0.0440. The van der Waals surface area contributed by atoms with Gasteiger partial charge in [0.05, 0.1) is 27.3 Å².